The van der Waals surface area contributed by atoms with Crippen LogP contribution in [0.4, 0.5) is 0 Å². The van der Waals surface area contributed by atoms with Crippen molar-refractivity contribution in [2.45, 2.75) is 27.7 Å². The Bertz CT molecular complexity index is 1710. The predicted octanol–water partition coefficient (Wildman–Crippen LogP) is 6.38. The van der Waals surface area contributed by atoms with Crippen molar-refractivity contribution in [2.75, 3.05) is 0 Å². The highest BCUT2D eigenvalue weighted by Crippen LogP contribution is 2.41. The van der Waals surface area contributed by atoms with Gasteiger partial charge in [-0.05, 0) is 91.2 Å². The highest BCUT2D eigenvalue weighted by Gasteiger charge is 2.41. The van der Waals surface area contributed by atoms with Gasteiger partial charge in [0.25, 0.3) is 6.71 Å². The van der Waals surface area contributed by atoms with Gasteiger partial charge in [-0.15, -0.1) is 0 Å². The fraction of sp³-hybridized carbons (Fsp3) is 0.121. The van der Waals surface area contributed by atoms with Crippen molar-refractivity contribution < 1.29 is 9.47 Å². The highest BCUT2D eigenvalue weighted by molar-refractivity contribution is 6.98. The molecule has 0 amide bonds. The molecule has 0 bridgehead atoms. The standard InChI is InChI=1S/C33H26BNO2/c1-19-15-21(3)31(22(4)16-19)24-18-35-27(17-20(24)2)23-13-14-30-32-33(23)37-29-12-8-6-10-26(29)34(32)25-9-5-7-11-28(25)36-30/h5-18H,1-4H3. The number of rotatable bonds is 2. The third kappa shape index (κ3) is 3.32. The number of nitrogens with zero attached hydrogens (tertiary/aromatic N) is 1. The molecule has 2 aliphatic rings. The SMILES string of the molecule is Cc1cc(C)c(-c2cnc(-c3ccc4c5c3Oc3ccccc3B5c3ccccc3O4)cc2C)c(C)c1. The number of pyridine rings is 1. The second-order valence-corrected chi connectivity index (χ2v) is 10.2. The van der Waals surface area contributed by atoms with Gasteiger partial charge in [-0.2, -0.15) is 0 Å². The molecule has 0 N–H and O–H groups in total. The lowest BCUT2D eigenvalue weighted by molar-refractivity contribution is 0.465. The van der Waals surface area contributed by atoms with Crippen LogP contribution in [0, 0.1) is 27.7 Å². The first kappa shape index (κ1) is 21.9. The van der Waals surface area contributed by atoms with Gasteiger partial charge in [0.2, 0.25) is 0 Å². The van der Waals surface area contributed by atoms with Crippen LogP contribution in [-0.2, 0) is 0 Å². The molecule has 3 heterocycles. The van der Waals surface area contributed by atoms with E-state index in [2.05, 4.69) is 88.4 Å². The molecule has 4 heteroatoms. The van der Waals surface area contributed by atoms with Crippen LogP contribution in [0.2, 0.25) is 0 Å². The van der Waals surface area contributed by atoms with E-state index in [9.17, 15) is 0 Å². The second kappa shape index (κ2) is 8.11. The number of benzene rings is 4. The maximum atomic E-state index is 6.61. The van der Waals surface area contributed by atoms with Crippen LogP contribution in [0.25, 0.3) is 22.4 Å². The molecule has 0 saturated carbocycles. The van der Waals surface area contributed by atoms with E-state index in [1.54, 1.807) is 0 Å². The van der Waals surface area contributed by atoms with Gasteiger partial charge in [0.1, 0.15) is 23.0 Å². The van der Waals surface area contributed by atoms with Gasteiger partial charge in [0.15, 0.2) is 0 Å². The van der Waals surface area contributed by atoms with Crippen molar-refractivity contribution >= 4 is 23.1 Å². The molecule has 3 nitrogen and oxygen atoms in total. The molecule has 7 rings (SSSR count). The Hall–Kier alpha value is -4.31. The summed E-state index contributed by atoms with van der Waals surface area (Å²) >= 11 is 0. The third-order valence-corrected chi connectivity index (χ3v) is 7.67. The summed E-state index contributed by atoms with van der Waals surface area (Å²) in [4.78, 5) is 4.98. The number of aromatic nitrogens is 1. The lowest BCUT2D eigenvalue weighted by atomic mass is 9.34. The summed E-state index contributed by atoms with van der Waals surface area (Å²) < 4.78 is 13.0. The number of ether oxygens (including phenoxy) is 2. The molecule has 4 aromatic carbocycles. The summed E-state index contributed by atoms with van der Waals surface area (Å²) in [5, 5.41) is 0. The van der Waals surface area contributed by atoms with Crippen LogP contribution >= 0.6 is 0 Å². The van der Waals surface area contributed by atoms with Crippen LogP contribution in [0.15, 0.2) is 85.1 Å². The Kier molecular flexibility index (Phi) is 4.81. The summed E-state index contributed by atoms with van der Waals surface area (Å²) in [5.74, 6) is 3.46. The number of aryl methyl sites for hydroxylation is 4. The van der Waals surface area contributed by atoms with Gasteiger partial charge < -0.3 is 9.47 Å². The van der Waals surface area contributed by atoms with E-state index in [4.69, 9.17) is 14.5 Å². The van der Waals surface area contributed by atoms with E-state index in [1.165, 1.54) is 33.4 Å². The number of para-hydroxylation sites is 2. The Morgan fingerprint density at radius 3 is 1.95 bits per heavy atom. The van der Waals surface area contributed by atoms with Crippen LogP contribution in [-0.4, -0.2) is 11.7 Å². The van der Waals surface area contributed by atoms with Crippen LogP contribution in [0.3, 0.4) is 0 Å². The summed E-state index contributed by atoms with van der Waals surface area (Å²) in [6.07, 6.45) is 2.02. The molecule has 37 heavy (non-hydrogen) atoms. The molecule has 0 spiro atoms. The van der Waals surface area contributed by atoms with E-state index in [0.29, 0.717) is 0 Å². The van der Waals surface area contributed by atoms with Gasteiger partial charge in [-0.3, -0.25) is 4.98 Å². The van der Waals surface area contributed by atoms with Crippen molar-refractivity contribution in [1.29, 1.82) is 0 Å². The monoisotopic (exact) mass is 479 g/mol. The van der Waals surface area contributed by atoms with Crippen molar-refractivity contribution in [2.24, 2.45) is 0 Å². The molecule has 0 fully saturated rings. The average Bonchev–Trinajstić information content (AvgIpc) is 2.89. The van der Waals surface area contributed by atoms with Gasteiger partial charge in [0.05, 0.1) is 5.69 Å². The number of hydrogen-bond donors (Lipinski definition) is 0. The minimum atomic E-state index is 0.0538. The summed E-state index contributed by atoms with van der Waals surface area (Å²) in [7, 11) is 0. The first-order chi connectivity index (χ1) is 18.0. The molecule has 0 atom stereocenters. The minimum absolute atomic E-state index is 0.0538. The average molecular weight is 479 g/mol. The summed E-state index contributed by atoms with van der Waals surface area (Å²) in [6.45, 7) is 8.73. The predicted molar refractivity (Wildman–Crippen MR) is 152 cm³/mol. The van der Waals surface area contributed by atoms with Gasteiger partial charge in [-0.1, -0.05) is 54.1 Å². The molecule has 178 valence electrons. The van der Waals surface area contributed by atoms with E-state index in [1.807, 2.05) is 24.4 Å². The molecule has 5 aromatic rings. The fourth-order valence-corrected chi connectivity index (χ4v) is 6.16. The van der Waals surface area contributed by atoms with E-state index in [-0.39, 0.29) is 6.71 Å². The molecule has 2 aliphatic heterocycles. The van der Waals surface area contributed by atoms with E-state index >= 15 is 0 Å². The molecule has 1 aromatic heterocycles. The smallest absolute Gasteiger partial charge is 0.260 e. The first-order valence-electron chi connectivity index (χ1n) is 12.8. The Balaban J connectivity index is 1.41. The molecular formula is C33H26BNO2. The number of hydrogen-bond acceptors (Lipinski definition) is 3. The Labute approximate surface area is 217 Å². The van der Waals surface area contributed by atoms with Crippen molar-refractivity contribution in [3.63, 3.8) is 0 Å². The molecule has 0 aliphatic carbocycles. The largest absolute Gasteiger partial charge is 0.458 e. The zero-order chi connectivity index (χ0) is 25.3. The van der Waals surface area contributed by atoms with Crippen molar-refractivity contribution in [3.8, 4) is 45.4 Å². The molecule has 0 unspecified atom stereocenters. The molecule has 0 radical (unpaired) electrons. The third-order valence-electron chi connectivity index (χ3n) is 7.67. The maximum Gasteiger partial charge on any atom is 0.260 e. The van der Waals surface area contributed by atoms with Crippen molar-refractivity contribution in [1.82, 2.24) is 4.98 Å². The Morgan fingerprint density at radius 2 is 1.27 bits per heavy atom. The quantitative estimate of drug-likeness (QED) is 0.270. The van der Waals surface area contributed by atoms with E-state index in [0.717, 1.165) is 50.6 Å². The fourth-order valence-electron chi connectivity index (χ4n) is 6.16. The van der Waals surface area contributed by atoms with Crippen LogP contribution < -0.4 is 25.9 Å². The zero-order valence-electron chi connectivity index (χ0n) is 21.4. The van der Waals surface area contributed by atoms with E-state index < -0.39 is 0 Å². The van der Waals surface area contributed by atoms with Gasteiger partial charge in [0, 0.05) is 22.8 Å². The topological polar surface area (TPSA) is 31.4 Å². The Morgan fingerprint density at radius 1 is 0.622 bits per heavy atom. The van der Waals surface area contributed by atoms with Gasteiger partial charge in [-0.25, -0.2) is 0 Å². The number of fused-ring (bicyclic) bond motifs is 4. The summed E-state index contributed by atoms with van der Waals surface area (Å²) in [5.41, 5.74) is 12.7. The highest BCUT2D eigenvalue weighted by atomic mass is 16.5. The van der Waals surface area contributed by atoms with Crippen molar-refractivity contribution in [3.05, 3.63) is 107 Å². The molecule has 0 saturated heterocycles. The van der Waals surface area contributed by atoms with Crippen LogP contribution in [0.1, 0.15) is 22.3 Å². The van der Waals surface area contributed by atoms with Crippen LogP contribution in [0.5, 0.6) is 23.0 Å². The lowest BCUT2D eigenvalue weighted by Gasteiger charge is -2.33. The zero-order valence-corrected chi connectivity index (χ0v) is 21.4. The maximum absolute atomic E-state index is 6.61. The van der Waals surface area contributed by atoms with Gasteiger partial charge >= 0.3 is 0 Å². The lowest BCUT2D eigenvalue weighted by Crippen LogP contribution is -2.57. The minimum Gasteiger partial charge on any atom is -0.458 e. The normalized spacial score (nSPS) is 12.7. The second-order valence-electron chi connectivity index (χ2n) is 10.2. The summed E-state index contributed by atoms with van der Waals surface area (Å²) in [6, 6.07) is 27.4. The first-order valence-corrected chi connectivity index (χ1v) is 12.8. The molecular weight excluding hydrogens is 453 g/mol.